The van der Waals surface area contributed by atoms with Gasteiger partial charge in [0.1, 0.15) is 0 Å². The number of carboxylic acids is 1. The minimum absolute atomic E-state index is 0.178. The molecule has 0 amide bonds. The van der Waals surface area contributed by atoms with E-state index in [0.29, 0.717) is 13.0 Å². The molecule has 1 unspecified atom stereocenters. The number of carboxylic acid groups (broad SMARTS) is 1. The van der Waals surface area contributed by atoms with Crippen LogP contribution in [0.4, 0.5) is 0 Å². The number of hydrogen-bond acceptors (Lipinski definition) is 3. The Hall–Kier alpha value is -1.34. The van der Waals surface area contributed by atoms with E-state index in [-0.39, 0.29) is 17.4 Å². The zero-order valence-electron chi connectivity index (χ0n) is 11.7. The second-order valence-corrected chi connectivity index (χ2v) is 7.71. The van der Waals surface area contributed by atoms with Crippen molar-refractivity contribution in [1.29, 1.82) is 0 Å². The number of hydrogen-bond donors (Lipinski definition) is 2. The number of aromatic nitrogens is 1. The maximum atomic E-state index is 12.4. The van der Waals surface area contributed by atoms with E-state index in [0.717, 1.165) is 6.42 Å². The molecule has 1 saturated heterocycles. The van der Waals surface area contributed by atoms with Crippen molar-refractivity contribution in [2.24, 2.45) is 11.3 Å². The van der Waals surface area contributed by atoms with Gasteiger partial charge in [-0.3, -0.25) is 4.79 Å². The van der Waals surface area contributed by atoms with E-state index in [4.69, 9.17) is 0 Å². The first-order valence-electron chi connectivity index (χ1n) is 6.62. The zero-order valence-corrected chi connectivity index (χ0v) is 12.5. The lowest BCUT2D eigenvalue weighted by Crippen LogP contribution is -2.46. The normalized spacial score (nSPS) is 21.8. The molecule has 1 aliphatic heterocycles. The summed E-state index contributed by atoms with van der Waals surface area (Å²) in [6.45, 7) is 4.02. The molecule has 0 aromatic carbocycles. The first-order valence-corrected chi connectivity index (χ1v) is 8.06. The number of aliphatic carboxylic acids is 1. The fraction of sp³-hybridized carbons (Fsp3) is 0.615. The van der Waals surface area contributed by atoms with Crippen molar-refractivity contribution in [3.8, 4) is 0 Å². The van der Waals surface area contributed by atoms with Crippen LogP contribution < -0.4 is 0 Å². The summed E-state index contributed by atoms with van der Waals surface area (Å²) in [6, 6.07) is 1.52. The van der Waals surface area contributed by atoms with Gasteiger partial charge in [-0.05, 0) is 38.7 Å². The third kappa shape index (κ3) is 2.60. The van der Waals surface area contributed by atoms with Gasteiger partial charge in [-0.25, -0.2) is 8.42 Å². The van der Waals surface area contributed by atoms with Crippen LogP contribution in [0.15, 0.2) is 23.4 Å². The van der Waals surface area contributed by atoms with Gasteiger partial charge in [-0.2, -0.15) is 4.31 Å². The van der Waals surface area contributed by atoms with Crippen LogP contribution in [0.3, 0.4) is 0 Å². The van der Waals surface area contributed by atoms with E-state index in [1.807, 2.05) is 0 Å². The van der Waals surface area contributed by atoms with Crippen LogP contribution in [0.5, 0.6) is 0 Å². The van der Waals surface area contributed by atoms with Crippen LogP contribution in [-0.4, -0.2) is 41.9 Å². The molecule has 0 aliphatic carbocycles. The van der Waals surface area contributed by atoms with Crippen molar-refractivity contribution in [3.63, 3.8) is 0 Å². The van der Waals surface area contributed by atoms with E-state index in [2.05, 4.69) is 4.98 Å². The van der Waals surface area contributed by atoms with Gasteiger partial charge in [-0.1, -0.05) is 0 Å². The Bertz CT molecular complexity index is 578. The van der Waals surface area contributed by atoms with E-state index in [1.165, 1.54) is 16.6 Å². The fourth-order valence-corrected chi connectivity index (χ4v) is 4.04. The average Bonchev–Trinajstić information content (AvgIpc) is 2.93. The van der Waals surface area contributed by atoms with E-state index < -0.39 is 21.4 Å². The van der Waals surface area contributed by atoms with Gasteiger partial charge in [0.15, 0.2) is 0 Å². The third-order valence-electron chi connectivity index (χ3n) is 4.16. The second-order valence-electron chi connectivity index (χ2n) is 5.78. The third-order valence-corrected chi connectivity index (χ3v) is 6.02. The molecule has 1 aromatic heterocycles. The predicted molar refractivity (Wildman–Crippen MR) is 73.7 cm³/mol. The number of aromatic amines is 1. The summed E-state index contributed by atoms with van der Waals surface area (Å²) < 4.78 is 26.3. The molecule has 112 valence electrons. The Balaban J connectivity index is 2.22. The highest BCUT2D eigenvalue weighted by molar-refractivity contribution is 7.89. The van der Waals surface area contributed by atoms with Crippen LogP contribution in [0.1, 0.15) is 26.7 Å². The maximum absolute atomic E-state index is 12.4. The SMILES string of the molecule is CC(C)(C(=O)O)C1CCCN(S(=O)(=O)c2cc[nH]c2)C1. The van der Waals surface area contributed by atoms with E-state index in [1.54, 1.807) is 20.0 Å². The van der Waals surface area contributed by atoms with Crippen LogP contribution in [0.2, 0.25) is 0 Å². The Labute approximate surface area is 118 Å². The smallest absolute Gasteiger partial charge is 0.309 e. The summed E-state index contributed by atoms with van der Waals surface area (Å²) in [4.78, 5) is 14.3. The number of sulfonamides is 1. The lowest BCUT2D eigenvalue weighted by molar-refractivity contribution is -0.151. The molecule has 0 saturated carbocycles. The monoisotopic (exact) mass is 300 g/mol. The van der Waals surface area contributed by atoms with Crippen molar-refractivity contribution < 1.29 is 18.3 Å². The molecule has 0 bridgehead atoms. The lowest BCUT2D eigenvalue weighted by atomic mass is 9.75. The quantitative estimate of drug-likeness (QED) is 0.882. The maximum Gasteiger partial charge on any atom is 0.309 e. The Morgan fingerprint density at radius 3 is 2.75 bits per heavy atom. The second kappa shape index (κ2) is 5.21. The molecule has 1 fully saturated rings. The van der Waals surface area contributed by atoms with Gasteiger partial charge < -0.3 is 10.1 Å². The molecule has 2 N–H and O–H groups in total. The molecular formula is C13H20N2O4S. The minimum atomic E-state index is -3.53. The topological polar surface area (TPSA) is 90.5 Å². The van der Waals surface area contributed by atoms with E-state index in [9.17, 15) is 18.3 Å². The molecule has 20 heavy (non-hydrogen) atoms. The van der Waals surface area contributed by atoms with Crippen molar-refractivity contribution in [2.45, 2.75) is 31.6 Å². The summed E-state index contributed by atoms with van der Waals surface area (Å²) in [5.41, 5.74) is -0.924. The van der Waals surface area contributed by atoms with Crippen LogP contribution in [0.25, 0.3) is 0 Å². The molecule has 0 radical (unpaired) electrons. The highest BCUT2D eigenvalue weighted by atomic mass is 32.2. The van der Waals surface area contributed by atoms with Crippen LogP contribution in [0, 0.1) is 11.3 Å². The van der Waals surface area contributed by atoms with E-state index >= 15 is 0 Å². The van der Waals surface area contributed by atoms with Gasteiger partial charge in [0.2, 0.25) is 10.0 Å². The lowest BCUT2D eigenvalue weighted by Gasteiger charge is -2.38. The minimum Gasteiger partial charge on any atom is -0.481 e. The largest absolute Gasteiger partial charge is 0.481 e. The number of piperidine rings is 1. The number of nitrogens with one attached hydrogen (secondary N) is 1. The van der Waals surface area contributed by atoms with Crippen molar-refractivity contribution in [3.05, 3.63) is 18.5 Å². The molecule has 7 heteroatoms. The molecule has 1 aliphatic rings. The van der Waals surface area contributed by atoms with Crippen molar-refractivity contribution >= 4 is 16.0 Å². The van der Waals surface area contributed by atoms with Crippen LogP contribution in [-0.2, 0) is 14.8 Å². The molecule has 0 spiro atoms. The Kier molecular flexibility index (Phi) is 3.93. The van der Waals surface area contributed by atoms with Gasteiger partial charge in [0, 0.05) is 25.5 Å². The average molecular weight is 300 g/mol. The molecular weight excluding hydrogens is 280 g/mol. The number of carbonyl (C=O) groups is 1. The molecule has 2 rings (SSSR count). The molecule has 6 nitrogen and oxygen atoms in total. The first-order chi connectivity index (χ1) is 9.26. The zero-order chi connectivity index (χ0) is 15.0. The number of H-pyrrole nitrogens is 1. The molecule has 1 aromatic rings. The highest BCUT2D eigenvalue weighted by Gasteiger charge is 2.41. The highest BCUT2D eigenvalue weighted by Crippen LogP contribution is 2.35. The summed E-state index contributed by atoms with van der Waals surface area (Å²) in [5.74, 6) is -1.06. The van der Waals surface area contributed by atoms with Gasteiger partial charge in [0.25, 0.3) is 0 Å². The first kappa shape index (κ1) is 15.1. The van der Waals surface area contributed by atoms with Gasteiger partial charge in [0.05, 0.1) is 10.3 Å². The molecule has 2 heterocycles. The fourth-order valence-electron chi connectivity index (χ4n) is 2.54. The molecule has 1 atom stereocenters. The summed E-state index contributed by atoms with van der Waals surface area (Å²) in [5, 5.41) is 9.29. The number of rotatable bonds is 4. The van der Waals surface area contributed by atoms with Gasteiger partial charge in [-0.15, -0.1) is 0 Å². The Morgan fingerprint density at radius 2 is 2.20 bits per heavy atom. The predicted octanol–water partition coefficient (Wildman–Crippen LogP) is 1.53. The standard InChI is InChI=1S/C13H20N2O4S/c1-13(2,12(16)17)10-4-3-7-15(9-10)20(18,19)11-5-6-14-8-11/h5-6,8,10,14H,3-4,7,9H2,1-2H3,(H,16,17). The van der Waals surface area contributed by atoms with Crippen molar-refractivity contribution in [2.75, 3.05) is 13.1 Å². The number of nitrogens with zero attached hydrogens (tertiary/aromatic N) is 1. The van der Waals surface area contributed by atoms with Gasteiger partial charge >= 0.3 is 5.97 Å². The summed E-state index contributed by atoms with van der Waals surface area (Å²) in [6.07, 6.45) is 4.43. The Morgan fingerprint density at radius 1 is 1.50 bits per heavy atom. The van der Waals surface area contributed by atoms with Crippen LogP contribution >= 0.6 is 0 Å². The van der Waals surface area contributed by atoms with Crippen molar-refractivity contribution in [1.82, 2.24) is 9.29 Å². The summed E-state index contributed by atoms with van der Waals surface area (Å²) in [7, 11) is -3.53. The summed E-state index contributed by atoms with van der Waals surface area (Å²) >= 11 is 0.